The maximum Gasteiger partial charge on any atom is 0.270 e. The molecule has 1 N–H and O–H groups in total. The molecule has 0 spiro atoms. The van der Waals surface area contributed by atoms with Crippen LogP contribution < -0.4 is 10.1 Å². The van der Waals surface area contributed by atoms with Crippen molar-refractivity contribution in [3.63, 3.8) is 0 Å². The second kappa shape index (κ2) is 7.70. The van der Waals surface area contributed by atoms with Gasteiger partial charge in [-0.2, -0.15) is 0 Å². The fraction of sp³-hybridized carbons (Fsp3) is 0.286. The zero-order chi connectivity index (χ0) is 15.1. The minimum absolute atomic E-state index is 0.238. The van der Waals surface area contributed by atoms with Gasteiger partial charge in [0.05, 0.1) is 6.61 Å². The first-order valence-electron chi connectivity index (χ1n) is 6.29. The van der Waals surface area contributed by atoms with Crippen molar-refractivity contribution in [1.82, 2.24) is 10.3 Å². The van der Waals surface area contributed by atoms with Crippen molar-refractivity contribution in [2.45, 2.75) is 6.61 Å². The molecule has 21 heavy (non-hydrogen) atoms. The number of amides is 1. The smallest absolute Gasteiger partial charge is 0.270 e. The molecule has 0 aliphatic heterocycles. The van der Waals surface area contributed by atoms with Gasteiger partial charge in [-0.25, -0.2) is 9.37 Å². The normalized spacial score (nSPS) is 10.4. The van der Waals surface area contributed by atoms with Gasteiger partial charge in [0, 0.05) is 19.0 Å². The number of nitrogens with one attached hydrogen (secondary N) is 1. The van der Waals surface area contributed by atoms with Crippen LogP contribution in [-0.2, 0) is 11.3 Å². The molecule has 1 aromatic carbocycles. The minimum atomic E-state index is -0.313. The number of aromatic nitrogens is 1. The largest absolute Gasteiger partial charge is 0.486 e. The van der Waals surface area contributed by atoms with E-state index in [0.717, 1.165) is 0 Å². The molecule has 2 rings (SSSR count). The zero-order valence-electron chi connectivity index (χ0n) is 11.5. The Morgan fingerprint density at radius 2 is 2.14 bits per heavy atom. The predicted molar refractivity (Wildman–Crippen MR) is 77.1 cm³/mol. The second-order valence-corrected chi connectivity index (χ2v) is 5.06. The van der Waals surface area contributed by atoms with Gasteiger partial charge < -0.3 is 14.8 Å². The van der Waals surface area contributed by atoms with Gasteiger partial charge >= 0.3 is 0 Å². The molecule has 0 saturated carbocycles. The molecule has 7 heteroatoms. The first-order chi connectivity index (χ1) is 10.2. The van der Waals surface area contributed by atoms with Crippen molar-refractivity contribution in [1.29, 1.82) is 0 Å². The maximum absolute atomic E-state index is 12.8. The molecule has 112 valence electrons. The van der Waals surface area contributed by atoms with Gasteiger partial charge in [0.1, 0.15) is 28.9 Å². The van der Waals surface area contributed by atoms with Gasteiger partial charge in [-0.3, -0.25) is 4.79 Å². The fourth-order valence-corrected chi connectivity index (χ4v) is 2.20. The highest BCUT2D eigenvalue weighted by Gasteiger charge is 2.10. The molecule has 0 atom stereocenters. The average molecular weight is 310 g/mol. The summed E-state index contributed by atoms with van der Waals surface area (Å²) in [7, 11) is 1.57. The van der Waals surface area contributed by atoms with E-state index in [1.54, 1.807) is 24.6 Å². The Labute approximate surface area is 125 Å². The molecule has 1 amide bonds. The number of thiazole rings is 1. The Morgan fingerprint density at radius 3 is 2.86 bits per heavy atom. The highest BCUT2D eigenvalue weighted by atomic mass is 32.1. The summed E-state index contributed by atoms with van der Waals surface area (Å²) in [6.45, 7) is 1.13. The number of methoxy groups -OCH3 is 1. The Bertz CT molecular complexity index is 586. The molecule has 0 unspecified atom stereocenters. The number of hydrogen-bond acceptors (Lipinski definition) is 5. The summed E-state index contributed by atoms with van der Waals surface area (Å²) in [6, 6.07) is 5.74. The van der Waals surface area contributed by atoms with Gasteiger partial charge in [0.15, 0.2) is 0 Å². The second-order valence-electron chi connectivity index (χ2n) is 4.12. The SMILES string of the molecule is COCCNC(=O)c1csc(COc2ccc(F)cc2)n1. The van der Waals surface area contributed by atoms with E-state index < -0.39 is 0 Å². The highest BCUT2D eigenvalue weighted by molar-refractivity contribution is 7.09. The zero-order valence-corrected chi connectivity index (χ0v) is 12.3. The van der Waals surface area contributed by atoms with Gasteiger partial charge in [-0.05, 0) is 24.3 Å². The van der Waals surface area contributed by atoms with Crippen molar-refractivity contribution in [3.8, 4) is 5.75 Å². The number of carbonyl (C=O) groups is 1. The van der Waals surface area contributed by atoms with E-state index in [2.05, 4.69) is 10.3 Å². The van der Waals surface area contributed by atoms with E-state index in [-0.39, 0.29) is 18.3 Å². The first-order valence-corrected chi connectivity index (χ1v) is 7.17. The third kappa shape index (κ3) is 4.80. The first kappa shape index (κ1) is 15.4. The summed E-state index contributed by atoms with van der Waals surface area (Å²) in [5.74, 6) is 0.000595. The molecule has 0 saturated heterocycles. The average Bonchev–Trinajstić information content (AvgIpc) is 2.96. The van der Waals surface area contributed by atoms with Crippen LogP contribution in [0.3, 0.4) is 0 Å². The molecule has 0 bridgehead atoms. The molecule has 2 aromatic rings. The predicted octanol–water partition coefficient (Wildman–Crippen LogP) is 2.24. The Kier molecular flexibility index (Phi) is 5.65. The van der Waals surface area contributed by atoms with Crippen molar-refractivity contribution in [2.75, 3.05) is 20.3 Å². The quantitative estimate of drug-likeness (QED) is 0.797. The van der Waals surface area contributed by atoms with E-state index in [1.807, 2.05) is 0 Å². The monoisotopic (exact) mass is 310 g/mol. The molecule has 0 aliphatic rings. The number of benzene rings is 1. The summed E-state index contributed by atoms with van der Waals surface area (Å²) < 4.78 is 23.1. The van der Waals surface area contributed by atoms with Crippen LogP contribution in [-0.4, -0.2) is 31.2 Å². The number of carbonyl (C=O) groups excluding carboxylic acids is 1. The number of ether oxygens (including phenoxy) is 2. The van der Waals surface area contributed by atoms with Crippen molar-refractivity contribution in [2.24, 2.45) is 0 Å². The standard InChI is InChI=1S/C14H15FN2O3S/c1-19-7-6-16-14(18)12-9-21-13(17-12)8-20-11-4-2-10(15)3-5-11/h2-5,9H,6-8H2,1H3,(H,16,18). The van der Waals surface area contributed by atoms with Crippen molar-refractivity contribution < 1.29 is 18.7 Å². The van der Waals surface area contributed by atoms with Crippen LogP contribution in [0.1, 0.15) is 15.5 Å². The molecule has 5 nitrogen and oxygen atoms in total. The van der Waals surface area contributed by atoms with Crippen LogP contribution in [0.15, 0.2) is 29.6 Å². The van der Waals surface area contributed by atoms with Gasteiger partial charge in [0.25, 0.3) is 5.91 Å². The molecule has 0 radical (unpaired) electrons. The molecular weight excluding hydrogens is 295 g/mol. The molecule has 0 fully saturated rings. The van der Waals surface area contributed by atoms with E-state index >= 15 is 0 Å². The van der Waals surface area contributed by atoms with Crippen LogP contribution in [0, 0.1) is 5.82 Å². The summed E-state index contributed by atoms with van der Waals surface area (Å²) in [6.07, 6.45) is 0. The lowest BCUT2D eigenvalue weighted by molar-refractivity contribution is 0.0932. The lowest BCUT2D eigenvalue weighted by Crippen LogP contribution is -2.27. The molecule has 0 aliphatic carbocycles. The van der Waals surface area contributed by atoms with Crippen molar-refractivity contribution in [3.05, 3.63) is 46.2 Å². The maximum atomic E-state index is 12.8. The lowest BCUT2D eigenvalue weighted by atomic mass is 10.3. The van der Waals surface area contributed by atoms with Crippen LogP contribution in [0.5, 0.6) is 5.75 Å². The summed E-state index contributed by atoms with van der Waals surface area (Å²) in [4.78, 5) is 15.9. The molecule has 1 heterocycles. The Hall–Kier alpha value is -1.99. The topological polar surface area (TPSA) is 60.5 Å². The lowest BCUT2D eigenvalue weighted by Gasteiger charge is -2.03. The Balaban J connectivity index is 1.85. The van der Waals surface area contributed by atoms with Gasteiger partial charge in [-0.1, -0.05) is 0 Å². The fourth-order valence-electron chi connectivity index (χ4n) is 1.51. The van der Waals surface area contributed by atoms with Crippen LogP contribution in [0.4, 0.5) is 4.39 Å². The summed E-state index contributed by atoms with van der Waals surface area (Å²) >= 11 is 1.34. The number of hydrogen-bond donors (Lipinski definition) is 1. The van der Waals surface area contributed by atoms with E-state index in [1.165, 1.54) is 23.5 Å². The summed E-state index contributed by atoms with van der Waals surface area (Å²) in [5, 5.41) is 5.04. The number of rotatable bonds is 7. The third-order valence-corrected chi connectivity index (χ3v) is 3.37. The van der Waals surface area contributed by atoms with E-state index in [0.29, 0.717) is 29.6 Å². The molecule has 1 aromatic heterocycles. The minimum Gasteiger partial charge on any atom is -0.486 e. The van der Waals surface area contributed by atoms with Gasteiger partial charge in [-0.15, -0.1) is 11.3 Å². The molecular formula is C14H15FN2O3S. The van der Waals surface area contributed by atoms with Crippen LogP contribution >= 0.6 is 11.3 Å². The number of halogens is 1. The number of nitrogens with zero attached hydrogens (tertiary/aromatic N) is 1. The van der Waals surface area contributed by atoms with E-state index in [9.17, 15) is 9.18 Å². The Morgan fingerprint density at radius 1 is 1.38 bits per heavy atom. The van der Waals surface area contributed by atoms with Crippen LogP contribution in [0.2, 0.25) is 0 Å². The van der Waals surface area contributed by atoms with E-state index in [4.69, 9.17) is 9.47 Å². The third-order valence-electron chi connectivity index (χ3n) is 2.55. The van der Waals surface area contributed by atoms with Crippen molar-refractivity contribution >= 4 is 17.2 Å². The highest BCUT2D eigenvalue weighted by Crippen LogP contribution is 2.15. The summed E-state index contributed by atoms with van der Waals surface area (Å²) in [5.41, 5.74) is 0.355. The van der Waals surface area contributed by atoms with Gasteiger partial charge in [0.2, 0.25) is 0 Å². The van der Waals surface area contributed by atoms with Crippen LogP contribution in [0.25, 0.3) is 0 Å².